The third-order valence-electron chi connectivity index (χ3n) is 6.62. The van der Waals surface area contributed by atoms with Gasteiger partial charge in [-0.15, -0.1) is 11.8 Å². The molecule has 0 bridgehead atoms. The molecule has 1 atom stereocenters. The SMILES string of the molecule is CCOc1ccccc1N(CC(=O)NC(C)c1ccc2c(c1)CCCC2)S(=O)(=O)c1ccc(SC)cc1. The largest absolute Gasteiger partial charge is 0.492 e. The molecule has 3 aromatic rings. The Morgan fingerprint density at radius 2 is 1.73 bits per heavy atom. The molecule has 1 aliphatic rings. The van der Waals surface area contributed by atoms with Gasteiger partial charge in [0.1, 0.15) is 12.3 Å². The van der Waals surface area contributed by atoms with Gasteiger partial charge < -0.3 is 10.1 Å². The van der Waals surface area contributed by atoms with Gasteiger partial charge in [-0.05, 0) is 98.9 Å². The number of hydrogen-bond donors (Lipinski definition) is 1. The van der Waals surface area contributed by atoms with Crippen molar-refractivity contribution >= 4 is 33.4 Å². The highest BCUT2D eigenvalue weighted by Crippen LogP contribution is 2.33. The molecule has 8 heteroatoms. The van der Waals surface area contributed by atoms with Gasteiger partial charge >= 0.3 is 0 Å². The second-order valence-electron chi connectivity index (χ2n) is 9.11. The number of para-hydroxylation sites is 2. The van der Waals surface area contributed by atoms with Crippen molar-refractivity contribution in [2.45, 2.75) is 55.4 Å². The molecule has 0 saturated heterocycles. The number of nitrogens with zero attached hydrogens (tertiary/aromatic N) is 1. The highest BCUT2D eigenvalue weighted by Gasteiger charge is 2.30. The molecule has 6 nitrogen and oxygen atoms in total. The van der Waals surface area contributed by atoms with E-state index < -0.39 is 10.0 Å². The highest BCUT2D eigenvalue weighted by atomic mass is 32.2. The molecule has 1 amide bonds. The van der Waals surface area contributed by atoms with Gasteiger partial charge in [-0.25, -0.2) is 8.42 Å². The van der Waals surface area contributed by atoms with Gasteiger partial charge in [0.25, 0.3) is 10.0 Å². The molecule has 0 fully saturated rings. The molecule has 0 saturated carbocycles. The number of hydrogen-bond acceptors (Lipinski definition) is 5. The summed E-state index contributed by atoms with van der Waals surface area (Å²) in [6.45, 7) is 3.77. The van der Waals surface area contributed by atoms with Crippen LogP contribution in [0.15, 0.2) is 76.5 Å². The zero-order chi connectivity index (χ0) is 26.4. The van der Waals surface area contributed by atoms with E-state index in [2.05, 4.69) is 23.5 Å². The van der Waals surface area contributed by atoms with Crippen LogP contribution in [0.1, 0.15) is 49.4 Å². The number of thioether (sulfide) groups is 1. The molecule has 0 aliphatic heterocycles. The van der Waals surface area contributed by atoms with Crippen LogP contribution in [0.4, 0.5) is 5.69 Å². The number of amides is 1. The number of carbonyl (C=O) groups is 1. The van der Waals surface area contributed by atoms with E-state index in [1.165, 1.54) is 35.7 Å². The van der Waals surface area contributed by atoms with Crippen molar-refractivity contribution in [2.75, 3.05) is 23.7 Å². The minimum atomic E-state index is -4.04. The summed E-state index contributed by atoms with van der Waals surface area (Å²) < 4.78 is 34.5. The van der Waals surface area contributed by atoms with Crippen molar-refractivity contribution in [3.8, 4) is 5.75 Å². The van der Waals surface area contributed by atoms with Crippen LogP contribution < -0.4 is 14.4 Å². The van der Waals surface area contributed by atoms with Crippen molar-refractivity contribution in [3.63, 3.8) is 0 Å². The van der Waals surface area contributed by atoms with E-state index >= 15 is 0 Å². The molecule has 0 radical (unpaired) electrons. The first-order valence-electron chi connectivity index (χ1n) is 12.6. The Kier molecular flexibility index (Phi) is 8.82. The van der Waals surface area contributed by atoms with Crippen molar-refractivity contribution in [3.05, 3.63) is 83.4 Å². The van der Waals surface area contributed by atoms with Crippen LogP contribution in [0.25, 0.3) is 0 Å². The number of rotatable bonds is 10. The molecular formula is C29H34N2O4S2. The van der Waals surface area contributed by atoms with E-state index in [1.54, 1.807) is 48.5 Å². The van der Waals surface area contributed by atoms with Gasteiger partial charge in [-0.3, -0.25) is 9.10 Å². The second kappa shape index (κ2) is 12.0. The maximum Gasteiger partial charge on any atom is 0.264 e. The average Bonchev–Trinajstić information content (AvgIpc) is 2.92. The van der Waals surface area contributed by atoms with Crippen LogP contribution in [-0.4, -0.2) is 33.7 Å². The molecule has 0 aromatic heterocycles. The van der Waals surface area contributed by atoms with Crippen LogP contribution in [-0.2, 0) is 27.7 Å². The van der Waals surface area contributed by atoms with Crippen molar-refractivity contribution < 1.29 is 17.9 Å². The lowest BCUT2D eigenvalue weighted by atomic mass is 9.89. The molecule has 1 aliphatic carbocycles. The van der Waals surface area contributed by atoms with Crippen LogP contribution in [0.3, 0.4) is 0 Å². The Labute approximate surface area is 224 Å². The quantitative estimate of drug-likeness (QED) is 0.332. The molecule has 4 rings (SSSR count). The summed E-state index contributed by atoms with van der Waals surface area (Å²) in [5.74, 6) is 0.0191. The Hall–Kier alpha value is -2.97. The average molecular weight is 539 g/mol. The number of nitrogens with one attached hydrogen (secondary N) is 1. The second-order valence-corrected chi connectivity index (χ2v) is 11.9. The zero-order valence-corrected chi connectivity index (χ0v) is 23.2. The van der Waals surface area contributed by atoms with Crippen LogP contribution in [0.5, 0.6) is 5.75 Å². The number of anilines is 1. The number of sulfonamides is 1. The minimum Gasteiger partial charge on any atom is -0.492 e. The van der Waals surface area contributed by atoms with Gasteiger partial charge in [0, 0.05) is 4.90 Å². The third-order valence-corrected chi connectivity index (χ3v) is 9.14. The standard InChI is InChI=1S/C29H34N2O4S2/c1-4-35-28-12-8-7-11-27(28)31(37(33,34)26-17-15-25(36-3)16-18-26)20-29(32)30-21(2)23-14-13-22-9-5-6-10-24(22)19-23/h7-8,11-19,21H,4-6,9-10,20H2,1-3H3,(H,30,32). The van der Waals surface area contributed by atoms with E-state index in [1.807, 2.05) is 20.1 Å². The van der Waals surface area contributed by atoms with Gasteiger partial charge in [0.15, 0.2) is 0 Å². The van der Waals surface area contributed by atoms with Crippen molar-refractivity contribution in [1.82, 2.24) is 5.32 Å². The number of aryl methyl sites for hydroxylation is 2. The summed E-state index contributed by atoms with van der Waals surface area (Å²) in [4.78, 5) is 14.4. The first kappa shape index (κ1) is 27.1. The topological polar surface area (TPSA) is 75.7 Å². The van der Waals surface area contributed by atoms with Crippen LogP contribution >= 0.6 is 11.8 Å². The summed E-state index contributed by atoms with van der Waals surface area (Å²) in [5.41, 5.74) is 4.07. The summed E-state index contributed by atoms with van der Waals surface area (Å²) in [6, 6.07) is 19.7. The Balaban J connectivity index is 1.62. The maximum absolute atomic E-state index is 13.8. The minimum absolute atomic E-state index is 0.118. The smallest absolute Gasteiger partial charge is 0.264 e. The molecule has 196 valence electrons. The fourth-order valence-corrected chi connectivity index (χ4v) is 6.48. The fraction of sp³-hybridized carbons (Fsp3) is 0.345. The van der Waals surface area contributed by atoms with E-state index in [0.717, 1.165) is 27.6 Å². The predicted molar refractivity (Wildman–Crippen MR) is 150 cm³/mol. The summed E-state index contributed by atoms with van der Waals surface area (Å²) in [5, 5.41) is 3.01. The maximum atomic E-state index is 13.8. The molecule has 0 heterocycles. The fourth-order valence-electron chi connectivity index (χ4n) is 4.64. The van der Waals surface area contributed by atoms with E-state index in [-0.39, 0.29) is 23.4 Å². The Morgan fingerprint density at radius 3 is 2.43 bits per heavy atom. The molecule has 1 N–H and O–H groups in total. The van der Waals surface area contributed by atoms with Crippen molar-refractivity contribution in [2.24, 2.45) is 0 Å². The molecule has 37 heavy (non-hydrogen) atoms. The van der Waals surface area contributed by atoms with E-state index in [4.69, 9.17) is 4.74 Å². The number of ether oxygens (including phenoxy) is 1. The molecule has 1 unspecified atom stereocenters. The monoisotopic (exact) mass is 538 g/mol. The van der Waals surface area contributed by atoms with E-state index in [9.17, 15) is 13.2 Å². The van der Waals surface area contributed by atoms with Gasteiger partial charge in [0.05, 0.1) is 23.2 Å². The lowest BCUT2D eigenvalue weighted by Crippen LogP contribution is -2.41. The number of carbonyl (C=O) groups excluding carboxylic acids is 1. The summed E-state index contributed by atoms with van der Waals surface area (Å²) >= 11 is 1.53. The van der Waals surface area contributed by atoms with Gasteiger partial charge in [-0.1, -0.05) is 30.3 Å². The van der Waals surface area contributed by atoms with Gasteiger partial charge in [-0.2, -0.15) is 0 Å². The highest BCUT2D eigenvalue weighted by molar-refractivity contribution is 7.98. The Bertz CT molecular complexity index is 1340. The van der Waals surface area contributed by atoms with Crippen molar-refractivity contribution in [1.29, 1.82) is 0 Å². The first-order chi connectivity index (χ1) is 17.8. The van der Waals surface area contributed by atoms with Gasteiger partial charge in [0.2, 0.25) is 5.91 Å². The lowest BCUT2D eigenvalue weighted by Gasteiger charge is -2.27. The summed E-state index contributed by atoms with van der Waals surface area (Å²) in [6.07, 6.45) is 6.48. The normalized spacial score (nSPS) is 13.9. The summed E-state index contributed by atoms with van der Waals surface area (Å²) in [7, 11) is -4.04. The lowest BCUT2D eigenvalue weighted by molar-refractivity contribution is -0.120. The number of fused-ring (bicyclic) bond motifs is 1. The van der Waals surface area contributed by atoms with Crippen LogP contribution in [0.2, 0.25) is 0 Å². The molecular weight excluding hydrogens is 504 g/mol. The third kappa shape index (κ3) is 6.30. The first-order valence-corrected chi connectivity index (χ1v) is 15.3. The molecule has 3 aromatic carbocycles. The number of benzene rings is 3. The van der Waals surface area contributed by atoms with E-state index in [0.29, 0.717) is 18.0 Å². The van der Waals surface area contributed by atoms with Crippen LogP contribution in [0, 0.1) is 0 Å². The zero-order valence-electron chi connectivity index (χ0n) is 21.6. The Morgan fingerprint density at radius 1 is 1.03 bits per heavy atom. The predicted octanol–water partition coefficient (Wildman–Crippen LogP) is 5.76. The molecule has 0 spiro atoms.